The van der Waals surface area contributed by atoms with Gasteiger partial charge in [-0.1, -0.05) is 6.07 Å². The van der Waals surface area contributed by atoms with Gasteiger partial charge < -0.3 is 9.64 Å². The molecular weight excluding hydrogens is 319 g/mol. The Morgan fingerprint density at radius 3 is 3.06 bits per heavy atom. The molecule has 0 saturated carbocycles. The standard InChI is InChI=1S/C11H13IN2O2/c1-16-10(15)11(12)6-4-8-14(11)9-5-2-3-7-13-9/h2-3,5,7H,4,6,8H2,1H3/t11-/m0/s1. The third-order valence-electron chi connectivity index (χ3n) is 2.74. The molecule has 0 bridgehead atoms. The number of methoxy groups -OCH3 is 1. The molecule has 2 heterocycles. The minimum Gasteiger partial charge on any atom is -0.467 e. The van der Waals surface area contributed by atoms with Gasteiger partial charge >= 0.3 is 5.97 Å². The van der Waals surface area contributed by atoms with Crippen molar-refractivity contribution in [2.45, 2.75) is 16.4 Å². The van der Waals surface area contributed by atoms with Crippen molar-refractivity contribution in [3.05, 3.63) is 24.4 Å². The second-order valence-electron chi connectivity index (χ2n) is 3.69. The smallest absolute Gasteiger partial charge is 0.342 e. The molecule has 0 N–H and O–H groups in total. The van der Waals surface area contributed by atoms with Gasteiger partial charge in [0.2, 0.25) is 0 Å². The second kappa shape index (κ2) is 4.57. The third-order valence-corrected chi connectivity index (χ3v) is 4.30. The van der Waals surface area contributed by atoms with Crippen LogP contribution in [-0.4, -0.2) is 28.2 Å². The van der Waals surface area contributed by atoms with E-state index in [2.05, 4.69) is 27.6 Å². The highest BCUT2D eigenvalue weighted by Gasteiger charge is 2.46. The van der Waals surface area contributed by atoms with Crippen molar-refractivity contribution in [2.75, 3.05) is 18.6 Å². The van der Waals surface area contributed by atoms with Crippen molar-refractivity contribution in [1.29, 1.82) is 0 Å². The highest BCUT2D eigenvalue weighted by molar-refractivity contribution is 14.1. The molecular formula is C11H13IN2O2. The Kier molecular flexibility index (Phi) is 3.32. The number of hydrogen-bond acceptors (Lipinski definition) is 4. The van der Waals surface area contributed by atoms with Crippen LogP contribution >= 0.6 is 22.6 Å². The summed E-state index contributed by atoms with van der Waals surface area (Å²) in [7, 11) is 1.43. The van der Waals surface area contributed by atoms with Gasteiger partial charge in [0.25, 0.3) is 0 Å². The minimum atomic E-state index is -0.596. The number of halogens is 1. The maximum Gasteiger partial charge on any atom is 0.342 e. The van der Waals surface area contributed by atoms with Gasteiger partial charge in [0.15, 0.2) is 3.55 Å². The lowest BCUT2D eigenvalue weighted by molar-refractivity contribution is -0.142. The molecule has 1 aliphatic rings. The van der Waals surface area contributed by atoms with Gasteiger partial charge in [0, 0.05) is 12.7 Å². The van der Waals surface area contributed by atoms with E-state index in [9.17, 15) is 4.79 Å². The van der Waals surface area contributed by atoms with Crippen molar-refractivity contribution in [1.82, 2.24) is 4.98 Å². The summed E-state index contributed by atoms with van der Waals surface area (Å²) >= 11 is 2.17. The zero-order chi connectivity index (χ0) is 11.6. The van der Waals surface area contributed by atoms with Crippen molar-refractivity contribution in [3.63, 3.8) is 0 Å². The summed E-state index contributed by atoms with van der Waals surface area (Å²) in [5, 5.41) is 0. The van der Waals surface area contributed by atoms with E-state index in [1.54, 1.807) is 6.20 Å². The highest BCUT2D eigenvalue weighted by atomic mass is 127. The number of ether oxygens (including phenoxy) is 1. The van der Waals surface area contributed by atoms with Crippen LogP contribution in [0.2, 0.25) is 0 Å². The molecule has 0 unspecified atom stereocenters. The topological polar surface area (TPSA) is 42.4 Å². The summed E-state index contributed by atoms with van der Waals surface area (Å²) in [6.45, 7) is 0.842. The molecule has 1 aromatic rings. The van der Waals surface area contributed by atoms with Gasteiger partial charge in [-0.05, 0) is 47.6 Å². The summed E-state index contributed by atoms with van der Waals surface area (Å²) in [6, 6.07) is 5.71. The fourth-order valence-corrected chi connectivity index (χ4v) is 3.05. The molecule has 1 aliphatic heterocycles. The molecule has 2 rings (SSSR count). The summed E-state index contributed by atoms with van der Waals surface area (Å²) in [6.07, 6.45) is 3.52. The van der Waals surface area contributed by atoms with E-state index in [0.717, 1.165) is 25.2 Å². The average Bonchev–Trinajstić information content (AvgIpc) is 2.72. The number of pyridine rings is 1. The average molecular weight is 332 g/mol. The number of hydrogen-bond donors (Lipinski definition) is 0. The van der Waals surface area contributed by atoms with Crippen LogP contribution in [0.3, 0.4) is 0 Å². The fraction of sp³-hybridized carbons (Fsp3) is 0.455. The third kappa shape index (κ3) is 1.88. The van der Waals surface area contributed by atoms with Crippen molar-refractivity contribution in [2.24, 2.45) is 0 Å². The van der Waals surface area contributed by atoms with E-state index >= 15 is 0 Å². The number of esters is 1. The van der Waals surface area contributed by atoms with Crippen molar-refractivity contribution < 1.29 is 9.53 Å². The Balaban J connectivity index is 2.31. The zero-order valence-electron chi connectivity index (χ0n) is 9.02. The van der Waals surface area contributed by atoms with Gasteiger partial charge in [0.1, 0.15) is 5.82 Å². The van der Waals surface area contributed by atoms with E-state index in [4.69, 9.17) is 4.74 Å². The van der Waals surface area contributed by atoms with Gasteiger partial charge in [-0.2, -0.15) is 0 Å². The van der Waals surface area contributed by atoms with Crippen LogP contribution in [0.5, 0.6) is 0 Å². The molecule has 0 aromatic carbocycles. The van der Waals surface area contributed by atoms with E-state index in [0.29, 0.717) is 0 Å². The normalized spacial score (nSPS) is 24.5. The van der Waals surface area contributed by atoms with Gasteiger partial charge in [0.05, 0.1) is 7.11 Å². The first-order valence-electron chi connectivity index (χ1n) is 5.14. The number of aromatic nitrogens is 1. The number of nitrogens with zero attached hydrogens (tertiary/aromatic N) is 2. The Morgan fingerprint density at radius 2 is 2.44 bits per heavy atom. The molecule has 86 valence electrons. The molecule has 5 heteroatoms. The predicted octanol–water partition coefficient (Wildman–Crippen LogP) is 1.99. The first-order valence-corrected chi connectivity index (χ1v) is 6.22. The summed E-state index contributed by atoms with van der Waals surface area (Å²) < 4.78 is 4.28. The Morgan fingerprint density at radius 1 is 1.62 bits per heavy atom. The summed E-state index contributed by atoms with van der Waals surface area (Å²) in [5.41, 5.74) is 0. The monoisotopic (exact) mass is 332 g/mol. The Labute approximate surface area is 108 Å². The molecule has 1 fully saturated rings. The summed E-state index contributed by atoms with van der Waals surface area (Å²) in [4.78, 5) is 18.1. The molecule has 1 saturated heterocycles. The number of alkyl halides is 1. The minimum absolute atomic E-state index is 0.198. The fourth-order valence-electron chi connectivity index (χ4n) is 1.96. The number of carbonyl (C=O) groups is 1. The lowest BCUT2D eigenvalue weighted by Gasteiger charge is -2.31. The molecule has 1 aromatic heterocycles. The molecule has 4 nitrogen and oxygen atoms in total. The lowest BCUT2D eigenvalue weighted by atomic mass is 10.2. The molecule has 0 amide bonds. The van der Waals surface area contributed by atoms with Gasteiger partial charge in [-0.25, -0.2) is 9.78 Å². The molecule has 0 spiro atoms. The largest absolute Gasteiger partial charge is 0.467 e. The number of anilines is 1. The predicted molar refractivity (Wildman–Crippen MR) is 69.6 cm³/mol. The van der Waals surface area contributed by atoms with Crippen LogP contribution < -0.4 is 4.90 Å². The Bertz CT molecular complexity index is 385. The number of rotatable bonds is 2. The van der Waals surface area contributed by atoms with Crippen LogP contribution in [0.15, 0.2) is 24.4 Å². The van der Waals surface area contributed by atoms with Crippen LogP contribution in [0.4, 0.5) is 5.82 Å². The van der Waals surface area contributed by atoms with Crippen LogP contribution in [0, 0.1) is 0 Å². The summed E-state index contributed by atoms with van der Waals surface area (Å²) in [5.74, 6) is 0.635. The van der Waals surface area contributed by atoms with Crippen LogP contribution in [0.1, 0.15) is 12.8 Å². The second-order valence-corrected chi connectivity index (χ2v) is 5.48. The molecule has 1 atom stereocenters. The quantitative estimate of drug-likeness (QED) is 0.360. The van der Waals surface area contributed by atoms with Crippen LogP contribution in [0.25, 0.3) is 0 Å². The van der Waals surface area contributed by atoms with Crippen molar-refractivity contribution in [3.8, 4) is 0 Å². The molecule has 16 heavy (non-hydrogen) atoms. The lowest BCUT2D eigenvalue weighted by Crippen LogP contribution is -2.46. The van der Waals surface area contributed by atoms with E-state index in [1.165, 1.54) is 7.11 Å². The van der Waals surface area contributed by atoms with E-state index in [1.807, 2.05) is 23.1 Å². The van der Waals surface area contributed by atoms with E-state index in [-0.39, 0.29) is 5.97 Å². The first-order chi connectivity index (χ1) is 7.68. The molecule has 0 aliphatic carbocycles. The van der Waals surface area contributed by atoms with E-state index < -0.39 is 3.55 Å². The van der Waals surface area contributed by atoms with Gasteiger partial charge in [-0.15, -0.1) is 0 Å². The maximum atomic E-state index is 11.8. The van der Waals surface area contributed by atoms with Crippen molar-refractivity contribution >= 4 is 34.4 Å². The Hall–Kier alpha value is -0.850. The van der Waals surface area contributed by atoms with Crippen LogP contribution in [-0.2, 0) is 9.53 Å². The molecule has 0 radical (unpaired) electrons. The number of carbonyl (C=O) groups excluding carboxylic acids is 1. The highest BCUT2D eigenvalue weighted by Crippen LogP contribution is 2.39. The first kappa shape index (κ1) is 11.6. The van der Waals surface area contributed by atoms with Gasteiger partial charge in [-0.3, -0.25) is 0 Å². The SMILES string of the molecule is COC(=O)[C@]1(I)CCCN1c1ccccn1. The maximum absolute atomic E-state index is 11.8. The zero-order valence-corrected chi connectivity index (χ0v) is 11.2.